The van der Waals surface area contributed by atoms with Crippen molar-refractivity contribution in [3.8, 4) is 0 Å². The molecule has 5 heteroatoms. The fraction of sp³-hybridized carbons (Fsp3) is 0.500. The predicted octanol–water partition coefficient (Wildman–Crippen LogP) is 3.71. The molecule has 1 aromatic carbocycles. The number of carbonyl (C=O) groups is 1. The largest absolute Gasteiger partial charge is 0.326 e. The van der Waals surface area contributed by atoms with Gasteiger partial charge in [0.15, 0.2) is 0 Å². The first kappa shape index (κ1) is 14.6. The molecule has 1 aromatic rings. The number of halogens is 2. The van der Waals surface area contributed by atoms with Crippen LogP contribution in [0.15, 0.2) is 18.2 Å². The number of piperidine rings is 1. The van der Waals surface area contributed by atoms with E-state index in [0.29, 0.717) is 15.7 Å². The van der Waals surface area contributed by atoms with Crippen LogP contribution in [0.4, 0.5) is 5.69 Å². The van der Waals surface area contributed by atoms with Crippen LogP contribution in [0.5, 0.6) is 0 Å². The summed E-state index contributed by atoms with van der Waals surface area (Å²) < 4.78 is 0. The molecule has 0 radical (unpaired) electrons. The summed E-state index contributed by atoms with van der Waals surface area (Å²) in [6, 6.07) is 5.14. The Morgan fingerprint density at radius 3 is 2.79 bits per heavy atom. The van der Waals surface area contributed by atoms with Gasteiger partial charge in [-0.25, -0.2) is 0 Å². The number of amides is 1. The van der Waals surface area contributed by atoms with E-state index in [9.17, 15) is 4.79 Å². The smallest absolute Gasteiger partial charge is 0.231 e. The topological polar surface area (TPSA) is 41.1 Å². The molecule has 1 atom stereocenters. The minimum Gasteiger partial charge on any atom is -0.326 e. The fourth-order valence-corrected chi connectivity index (χ4v) is 2.76. The lowest BCUT2D eigenvalue weighted by molar-refractivity contribution is -0.126. The number of hydrogen-bond donors (Lipinski definition) is 2. The van der Waals surface area contributed by atoms with Gasteiger partial charge in [0.05, 0.1) is 15.5 Å². The van der Waals surface area contributed by atoms with E-state index < -0.39 is 0 Å². The average Bonchev–Trinajstić information content (AvgIpc) is 2.43. The molecule has 1 amide bonds. The van der Waals surface area contributed by atoms with E-state index in [1.165, 1.54) is 0 Å². The van der Waals surface area contributed by atoms with Gasteiger partial charge in [0.1, 0.15) is 0 Å². The zero-order chi connectivity index (χ0) is 13.9. The molecule has 0 spiro atoms. The molecule has 104 valence electrons. The fourth-order valence-electron chi connectivity index (χ4n) is 2.46. The van der Waals surface area contributed by atoms with Crippen molar-refractivity contribution in [1.29, 1.82) is 0 Å². The minimum absolute atomic E-state index is 0.0561. The highest BCUT2D eigenvalue weighted by molar-refractivity contribution is 6.42. The van der Waals surface area contributed by atoms with Crippen LogP contribution in [0.3, 0.4) is 0 Å². The SMILES string of the molecule is CCC1(C(=O)Nc2ccc(Cl)c(Cl)c2)CCCNC1. The van der Waals surface area contributed by atoms with E-state index in [1.807, 2.05) is 0 Å². The van der Waals surface area contributed by atoms with E-state index in [-0.39, 0.29) is 11.3 Å². The summed E-state index contributed by atoms with van der Waals surface area (Å²) in [5.74, 6) is 0.0561. The van der Waals surface area contributed by atoms with Crippen molar-refractivity contribution >= 4 is 34.8 Å². The third-order valence-corrected chi connectivity index (χ3v) is 4.55. The Balaban J connectivity index is 2.12. The van der Waals surface area contributed by atoms with Crippen molar-refractivity contribution in [3.63, 3.8) is 0 Å². The van der Waals surface area contributed by atoms with Crippen molar-refractivity contribution < 1.29 is 4.79 Å². The zero-order valence-corrected chi connectivity index (χ0v) is 12.4. The molecule has 1 saturated heterocycles. The second-order valence-electron chi connectivity index (χ2n) is 5.00. The molecule has 0 bridgehead atoms. The molecular weight excluding hydrogens is 283 g/mol. The highest BCUT2D eigenvalue weighted by atomic mass is 35.5. The van der Waals surface area contributed by atoms with E-state index in [1.54, 1.807) is 18.2 Å². The van der Waals surface area contributed by atoms with Crippen molar-refractivity contribution in [2.24, 2.45) is 5.41 Å². The summed E-state index contributed by atoms with van der Waals surface area (Å²) in [6.45, 7) is 3.78. The quantitative estimate of drug-likeness (QED) is 0.893. The van der Waals surface area contributed by atoms with Crippen LogP contribution in [0.1, 0.15) is 26.2 Å². The third-order valence-electron chi connectivity index (χ3n) is 3.81. The molecule has 2 rings (SSSR count). The molecule has 0 aliphatic carbocycles. The number of benzene rings is 1. The third kappa shape index (κ3) is 3.22. The molecular formula is C14H18Cl2N2O. The predicted molar refractivity (Wildman–Crippen MR) is 79.9 cm³/mol. The summed E-state index contributed by atoms with van der Waals surface area (Å²) in [7, 11) is 0. The maximum Gasteiger partial charge on any atom is 0.231 e. The molecule has 1 aliphatic heterocycles. The number of rotatable bonds is 3. The Bertz CT molecular complexity index is 471. The van der Waals surface area contributed by atoms with Crippen molar-refractivity contribution in [3.05, 3.63) is 28.2 Å². The maximum absolute atomic E-state index is 12.5. The van der Waals surface area contributed by atoms with Gasteiger partial charge >= 0.3 is 0 Å². The number of nitrogens with one attached hydrogen (secondary N) is 2. The van der Waals surface area contributed by atoms with E-state index in [0.717, 1.165) is 32.4 Å². The van der Waals surface area contributed by atoms with E-state index >= 15 is 0 Å². The summed E-state index contributed by atoms with van der Waals surface area (Å²) in [6.07, 6.45) is 2.78. The molecule has 1 fully saturated rings. The van der Waals surface area contributed by atoms with Crippen LogP contribution >= 0.6 is 23.2 Å². The molecule has 1 heterocycles. The van der Waals surface area contributed by atoms with Crippen LogP contribution in [0.25, 0.3) is 0 Å². The molecule has 3 nitrogen and oxygen atoms in total. The number of carbonyl (C=O) groups excluding carboxylic acids is 1. The van der Waals surface area contributed by atoms with Gasteiger partial charge in [0, 0.05) is 12.2 Å². The maximum atomic E-state index is 12.5. The first-order valence-electron chi connectivity index (χ1n) is 6.54. The summed E-state index contributed by atoms with van der Waals surface area (Å²) >= 11 is 11.8. The van der Waals surface area contributed by atoms with Gasteiger partial charge in [-0.15, -0.1) is 0 Å². The van der Waals surface area contributed by atoms with Gasteiger partial charge in [-0.2, -0.15) is 0 Å². The Morgan fingerprint density at radius 2 is 2.21 bits per heavy atom. The molecule has 1 unspecified atom stereocenters. The lowest BCUT2D eigenvalue weighted by Crippen LogP contribution is -2.47. The lowest BCUT2D eigenvalue weighted by Gasteiger charge is -2.35. The van der Waals surface area contributed by atoms with Gasteiger partial charge in [-0.3, -0.25) is 4.79 Å². The number of anilines is 1. The Labute approximate surface area is 123 Å². The van der Waals surface area contributed by atoms with Crippen molar-refractivity contribution in [1.82, 2.24) is 5.32 Å². The van der Waals surface area contributed by atoms with Crippen molar-refractivity contribution in [2.45, 2.75) is 26.2 Å². The van der Waals surface area contributed by atoms with Crippen LogP contribution in [0.2, 0.25) is 10.0 Å². The highest BCUT2D eigenvalue weighted by Gasteiger charge is 2.37. The summed E-state index contributed by atoms with van der Waals surface area (Å²) in [4.78, 5) is 12.5. The van der Waals surface area contributed by atoms with Crippen molar-refractivity contribution in [2.75, 3.05) is 18.4 Å². The van der Waals surface area contributed by atoms with Gasteiger partial charge in [0.25, 0.3) is 0 Å². The van der Waals surface area contributed by atoms with Crippen LogP contribution < -0.4 is 10.6 Å². The van der Waals surface area contributed by atoms with Crippen LogP contribution in [0, 0.1) is 5.41 Å². The molecule has 1 aliphatic rings. The van der Waals surface area contributed by atoms with Gasteiger partial charge in [0.2, 0.25) is 5.91 Å². The summed E-state index contributed by atoms with van der Waals surface area (Å²) in [5, 5.41) is 7.20. The van der Waals surface area contributed by atoms with Crippen LogP contribution in [-0.2, 0) is 4.79 Å². The molecule has 19 heavy (non-hydrogen) atoms. The first-order chi connectivity index (χ1) is 9.07. The lowest BCUT2D eigenvalue weighted by atomic mass is 9.77. The van der Waals surface area contributed by atoms with E-state index in [4.69, 9.17) is 23.2 Å². The highest BCUT2D eigenvalue weighted by Crippen LogP contribution is 2.32. The van der Waals surface area contributed by atoms with Crippen LogP contribution in [-0.4, -0.2) is 19.0 Å². The molecule has 0 aromatic heterocycles. The standard InChI is InChI=1S/C14H18Cl2N2O/c1-2-14(6-3-7-17-9-14)13(19)18-10-4-5-11(15)12(16)8-10/h4-5,8,17H,2-3,6-7,9H2,1H3,(H,18,19). The second-order valence-corrected chi connectivity index (χ2v) is 5.81. The van der Waals surface area contributed by atoms with E-state index in [2.05, 4.69) is 17.6 Å². The minimum atomic E-state index is -0.315. The van der Waals surface area contributed by atoms with Gasteiger partial charge < -0.3 is 10.6 Å². The number of hydrogen-bond acceptors (Lipinski definition) is 2. The normalized spacial score (nSPS) is 23.1. The Kier molecular flexibility index (Phi) is 4.71. The Morgan fingerprint density at radius 1 is 1.42 bits per heavy atom. The molecule has 2 N–H and O–H groups in total. The monoisotopic (exact) mass is 300 g/mol. The average molecular weight is 301 g/mol. The second kappa shape index (κ2) is 6.12. The first-order valence-corrected chi connectivity index (χ1v) is 7.30. The van der Waals surface area contributed by atoms with Gasteiger partial charge in [-0.1, -0.05) is 30.1 Å². The zero-order valence-electron chi connectivity index (χ0n) is 10.9. The van der Waals surface area contributed by atoms with Gasteiger partial charge in [-0.05, 0) is 44.0 Å². The molecule has 0 saturated carbocycles. The Hall–Kier alpha value is -0.770. The summed E-state index contributed by atoms with van der Waals surface area (Å²) in [5.41, 5.74) is 0.377.